The SMILES string of the molecule is CCCOc1ccc(OCc2ccc(OC)c(Br)c2)cc1. The van der Waals surface area contributed by atoms with Crippen LogP contribution in [0.4, 0.5) is 0 Å². The molecule has 112 valence electrons. The summed E-state index contributed by atoms with van der Waals surface area (Å²) >= 11 is 3.47. The average molecular weight is 351 g/mol. The number of hydrogen-bond acceptors (Lipinski definition) is 3. The van der Waals surface area contributed by atoms with E-state index in [1.54, 1.807) is 7.11 Å². The van der Waals surface area contributed by atoms with Gasteiger partial charge in [-0.3, -0.25) is 0 Å². The molecule has 0 aliphatic carbocycles. The molecule has 0 aliphatic rings. The third kappa shape index (κ3) is 4.67. The minimum atomic E-state index is 0.512. The first-order valence-corrected chi connectivity index (χ1v) is 7.70. The molecule has 0 heterocycles. The van der Waals surface area contributed by atoms with Gasteiger partial charge in [-0.1, -0.05) is 13.0 Å². The van der Waals surface area contributed by atoms with E-state index < -0.39 is 0 Å². The summed E-state index contributed by atoms with van der Waals surface area (Å²) in [6.45, 7) is 3.34. The highest BCUT2D eigenvalue weighted by atomic mass is 79.9. The topological polar surface area (TPSA) is 27.7 Å². The molecular weight excluding hydrogens is 332 g/mol. The molecule has 0 saturated heterocycles. The molecule has 0 unspecified atom stereocenters. The zero-order valence-corrected chi connectivity index (χ0v) is 13.9. The molecule has 0 saturated carbocycles. The van der Waals surface area contributed by atoms with Crippen LogP contribution in [0, 0.1) is 0 Å². The summed E-state index contributed by atoms with van der Waals surface area (Å²) in [6, 6.07) is 13.6. The molecule has 0 aliphatic heterocycles. The van der Waals surface area contributed by atoms with Gasteiger partial charge < -0.3 is 14.2 Å². The number of hydrogen-bond donors (Lipinski definition) is 0. The molecule has 0 N–H and O–H groups in total. The first-order chi connectivity index (χ1) is 10.2. The number of methoxy groups -OCH3 is 1. The molecule has 0 radical (unpaired) electrons. The van der Waals surface area contributed by atoms with Crippen molar-refractivity contribution in [3.8, 4) is 17.2 Å². The highest BCUT2D eigenvalue weighted by molar-refractivity contribution is 9.10. The molecule has 21 heavy (non-hydrogen) atoms. The lowest BCUT2D eigenvalue weighted by atomic mass is 10.2. The van der Waals surface area contributed by atoms with Gasteiger partial charge in [0.1, 0.15) is 23.9 Å². The summed E-state index contributed by atoms with van der Waals surface area (Å²) in [6.07, 6.45) is 1.00. The van der Waals surface area contributed by atoms with E-state index >= 15 is 0 Å². The number of ether oxygens (including phenoxy) is 3. The van der Waals surface area contributed by atoms with Crippen molar-refractivity contribution in [3.63, 3.8) is 0 Å². The van der Waals surface area contributed by atoms with Crippen LogP contribution in [-0.4, -0.2) is 13.7 Å². The van der Waals surface area contributed by atoms with Gasteiger partial charge in [0.05, 0.1) is 18.2 Å². The Morgan fingerprint density at radius 3 is 2.19 bits per heavy atom. The normalized spacial score (nSPS) is 10.2. The van der Waals surface area contributed by atoms with Gasteiger partial charge in [0.15, 0.2) is 0 Å². The molecule has 0 spiro atoms. The number of benzene rings is 2. The van der Waals surface area contributed by atoms with Crippen molar-refractivity contribution in [2.45, 2.75) is 20.0 Å². The summed E-state index contributed by atoms with van der Waals surface area (Å²) in [5, 5.41) is 0. The Labute approximate surface area is 134 Å². The van der Waals surface area contributed by atoms with Crippen LogP contribution in [0.5, 0.6) is 17.2 Å². The quantitative estimate of drug-likeness (QED) is 0.715. The molecule has 2 rings (SSSR count). The molecule has 0 amide bonds. The first kappa shape index (κ1) is 15.7. The molecule has 2 aromatic carbocycles. The second-order valence-corrected chi connectivity index (χ2v) is 5.43. The van der Waals surface area contributed by atoms with Crippen LogP contribution in [0.25, 0.3) is 0 Å². The summed E-state index contributed by atoms with van der Waals surface area (Å²) in [7, 11) is 1.65. The predicted octanol–water partition coefficient (Wildman–Crippen LogP) is 4.83. The van der Waals surface area contributed by atoms with E-state index in [-0.39, 0.29) is 0 Å². The molecule has 3 nitrogen and oxygen atoms in total. The Morgan fingerprint density at radius 1 is 0.952 bits per heavy atom. The number of rotatable bonds is 7. The van der Waals surface area contributed by atoms with E-state index in [1.807, 2.05) is 42.5 Å². The molecule has 0 bridgehead atoms. The second-order valence-electron chi connectivity index (χ2n) is 4.58. The minimum Gasteiger partial charge on any atom is -0.496 e. The molecule has 0 fully saturated rings. The molecule has 0 atom stereocenters. The zero-order chi connectivity index (χ0) is 15.1. The van der Waals surface area contributed by atoms with E-state index in [4.69, 9.17) is 14.2 Å². The van der Waals surface area contributed by atoms with E-state index in [2.05, 4.69) is 22.9 Å². The summed E-state index contributed by atoms with van der Waals surface area (Å²) in [5.74, 6) is 2.51. The van der Waals surface area contributed by atoms with Crippen LogP contribution in [0.2, 0.25) is 0 Å². The lowest BCUT2D eigenvalue weighted by molar-refractivity contribution is 0.301. The molecule has 0 aromatic heterocycles. The van der Waals surface area contributed by atoms with Crippen molar-refractivity contribution in [1.82, 2.24) is 0 Å². The van der Waals surface area contributed by atoms with Crippen LogP contribution < -0.4 is 14.2 Å². The zero-order valence-electron chi connectivity index (χ0n) is 12.3. The Bertz CT molecular complexity index is 567. The van der Waals surface area contributed by atoms with Gasteiger partial charge in [-0.2, -0.15) is 0 Å². The maximum absolute atomic E-state index is 5.76. The van der Waals surface area contributed by atoms with Gasteiger partial charge in [0, 0.05) is 0 Å². The minimum absolute atomic E-state index is 0.512. The maximum Gasteiger partial charge on any atom is 0.133 e. The fourth-order valence-corrected chi connectivity index (χ4v) is 2.41. The van der Waals surface area contributed by atoms with Crippen molar-refractivity contribution >= 4 is 15.9 Å². The predicted molar refractivity (Wildman–Crippen MR) is 87.3 cm³/mol. The van der Waals surface area contributed by atoms with Gasteiger partial charge in [0.2, 0.25) is 0 Å². The molecule has 4 heteroatoms. The largest absolute Gasteiger partial charge is 0.496 e. The van der Waals surface area contributed by atoms with Crippen LogP contribution in [0.3, 0.4) is 0 Å². The first-order valence-electron chi connectivity index (χ1n) is 6.91. The van der Waals surface area contributed by atoms with Crippen LogP contribution in [0.15, 0.2) is 46.9 Å². The van der Waals surface area contributed by atoms with E-state index in [0.717, 1.165) is 40.3 Å². The van der Waals surface area contributed by atoms with Crippen LogP contribution >= 0.6 is 15.9 Å². The monoisotopic (exact) mass is 350 g/mol. The lowest BCUT2D eigenvalue weighted by Crippen LogP contribution is -1.97. The Morgan fingerprint density at radius 2 is 1.62 bits per heavy atom. The second kappa shape index (κ2) is 7.93. The fraction of sp³-hybridized carbons (Fsp3) is 0.294. The van der Waals surface area contributed by atoms with E-state index in [0.29, 0.717) is 6.61 Å². The number of halogens is 1. The highest BCUT2D eigenvalue weighted by Gasteiger charge is 2.02. The smallest absolute Gasteiger partial charge is 0.133 e. The molecule has 2 aromatic rings. The fourth-order valence-electron chi connectivity index (χ4n) is 1.82. The third-order valence-electron chi connectivity index (χ3n) is 2.92. The molecular formula is C17H19BrO3. The third-order valence-corrected chi connectivity index (χ3v) is 3.54. The van der Waals surface area contributed by atoms with Crippen molar-refractivity contribution < 1.29 is 14.2 Å². The van der Waals surface area contributed by atoms with Gasteiger partial charge in [0.25, 0.3) is 0 Å². The highest BCUT2D eigenvalue weighted by Crippen LogP contribution is 2.26. The standard InChI is InChI=1S/C17H19BrO3/c1-3-10-20-14-5-7-15(8-6-14)21-12-13-4-9-17(19-2)16(18)11-13/h4-9,11H,3,10,12H2,1-2H3. The van der Waals surface area contributed by atoms with Crippen molar-refractivity contribution in [2.24, 2.45) is 0 Å². The maximum atomic E-state index is 5.76. The lowest BCUT2D eigenvalue weighted by Gasteiger charge is -2.09. The van der Waals surface area contributed by atoms with E-state index in [1.165, 1.54) is 0 Å². The Hall–Kier alpha value is -1.68. The van der Waals surface area contributed by atoms with Gasteiger partial charge >= 0.3 is 0 Å². The van der Waals surface area contributed by atoms with Crippen molar-refractivity contribution in [3.05, 3.63) is 52.5 Å². The Balaban J connectivity index is 1.92. The van der Waals surface area contributed by atoms with Gasteiger partial charge in [-0.15, -0.1) is 0 Å². The van der Waals surface area contributed by atoms with Crippen LogP contribution in [-0.2, 0) is 6.61 Å². The van der Waals surface area contributed by atoms with E-state index in [9.17, 15) is 0 Å². The summed E-state index contributed by atoms with van der Waals surface area (Å²) < 4.78 is 17.4. The van der Waals surface area contributed by atoms with Crippen molar-refractivity contribution in [2.75, 3.05) is 13.7 Å². The summed E-state index contributed by atoms with van der Waals surface area (Å²) in [4.78, 5) is 0. The van der Waals surface area contributed by atoms with Gasteiger partial charge in [-0.05, 0) is 64.3 Å². The van der Waals surface area contributed by atoms with Crippen LogP contribution in [0.1, 0.15) is 18.9 Å². The average Bonchev–Trinajstić information content (AvgIpc) is 2.52. The summed E-state index contributed by atoms with van der Waals surface area (Å²) in [5.41, 5.74) is 1.08. The van der Waals surface area contributed by atoms with Gasteiger partial charge in [-0.25, -0.2) is 0 Å². The Kier molecular flexibility index (Phi) is 5.93. The van der Waals surface area contributed by atoms with Crippen molar-refractivity contribution in [1.29, 1.82) is 0 Å².